The van der Waals surface area contributed by atoms with Gasteiger partial charge in [0.1, 0.15) is 22.1 Å². The third-order valence-corrected chi connectivity index (χ3v) is 7.10. The number of piperidine rings is 1. The van der Waals surface area contributed by atoms with Crippen LogP contribution in [0.25, 0.3) is 0 Å². The zero-order valence-corrected chi connectivity index (χ0v) is 22.8. The normalized spacial score (nSPS) is 23.6. The predicted octanol–water partition coefficient (Wildman–Crippen LogP) is 5.75. The van der Waals surface area contributed by atoms with Gasteiger partial charge in [0.05, 0.1) is 0 Å². The molecule has 2 aliphatic rings. The Morgan fingerprint density at radius 3 is 2.71 bits per heavy atom. The van der Waals surface area contributed by atoms with Crippen LogP contribution >= 0.6 is 15.9 Å². The quantitative estimate of drug-likeness (QED) is 0.235. The summed E-state index contributed by atoms with van der Waals surface area (Å²) in [5, 5.41) is 3.01. The number of amides is 2. The molecule has 0 unspecified atom stereocenters. The Morgan fingerprint density at radius 1 is 1.32 bits per heavy atom. The number of aromatic nitrogens is 1. The maximum atomic E-state index is 13.4. The fraction of sp³-hybridized carbons (Fsp3) is 0.654. The van der Waals surface area contributed by atoms with E-state index in [9.17, 15) is 9.59 Å². The third-order valence-electron chi connectivity index (χ3n) is 6.66. The number of hydrogen-bond acceptors (Lipinski definition) is 5. The molecule has 1 aromatic rings. The number of pyridine rings is 1. The van der Waals surface area contributed by atoms with Crippen LogP contribution in [0.4, 0.5) is 10.6 Å². The van der Waals surface area contributed by atoms with Crippen LogP contribution in [-0.4, -0.2) is 58.1 Å². The highest BCUT2D eigenvalue weighted by Crippen LogP contribution is 2.60. The van der Waals surface area contributed by atoms with Crippen LogP contribution in [0.15, 0.2) is 29.4 Å². The number of rotatable bonds is 10. The van der Waals surface area contributed by atoms with Crippen molar-refractivity contribution in [3.05, 3.63) is 35.0 Å². The molecular weight excluding hydrogens is 496 g/mol. The molecule has 1 saturated carbocycles. The summed E-state index contributed by atoms with van der Waals surface area (Å²) in [6.07, 6.45) is 7.64. The fourth-order valence-electron chi connectivity index (χ4n) is 4.74. The van der Waals surface area contributed by atoms with Gasteiger partial charge in [-0.15, -0.1) is 6.58 Å². The van der Waals surface area contributed by atoms with E-state index in [0.29, 0.717) is 23.4 Å². The molecule has 188 valence electrons. The Bertz CT molecular complexity index is 916. The minimum absolute atomic E-state index is 0.0419. The molecule has 1 saturated heterocycles. The molecule has 8 heteroatoms. The van der Waals surface area contributed by atoms with Gasteiger partial charge in [-0.2, -0.15) is 0 Å². The molecule has 0 radical (unpaired) electrons. The second kappa shape index (κ2) is 10.8. The molecule has 34 heavy (non-hydrogen) atoms. The van der Waals surface area contributed by atoms with Gasteiger partial charge in [0.25, 0.3) is 0 Å². The summed E-state index contributed by atoms with van der Waals surface area (Å²) < 4.78 is 6.28. The monoisotopic (exact) mass is 534 g/mol. The first-order chi connectivity index (χ1) is 16.0. The average Bonchev–Trinajstić information content (AvgIpc) is 3.36. The molecule has 0 bridgehead atoms. The summed E-state index contributed by atoms with van der Waals surface area (Å²) in [5.41, 5.74) is 0.109. The fourth-order valence-corrected chi connectivity index (χ4v) is 5.05. The van der Waals surface area contributed by atoms with Crippen molar-refractivity contribution in [2.24, 2.45) is 5.41 Å². The van der Waals surface area contributed by atoms with Crippen molar-refractivity contribution < 1.29 is 14.3 Å². The van der Waals surface area contributed by atoms with Gasteiger partial charge in [-0.3, -0.25) is 9.69 Å². The van der Waals surface area contributed by atoms with Crippen LogP contribution in [0, 0.1) is 5.41 Å². The van der Waals surface area contributed by atoms with Crippen LogP contribution in [0.3, 0.4) is 0 Å². The summed E-state index contributed by atoms with van der Waals surface area (Å²) in [6, 6.07) is 3.21. The maximum Gasteiger partial charge on any atom is 0.411 e. The van der Waals surface area contributed by atoms with Crippen LogP contribution in [0.2, 0.25) is 0 Å². The van der Waals surface area contributed by atoms with Gasteiger partial charge in [0.2, 0.25) is 5.91 Å². The van der Waals surface area contributed by atoms with Gasteiger partial charge in [-0.1, -0.05) is 38.3 Å². The molecule has 7 nitrogen and oxygen atoms in total. The zero-order chi connectivity index (χ0) is 25.1. The van der Waals surface area contributed by atoms with Gasteiger partial charge in [-0.05, 0) is 75.6 Å². The van der Waals surface area contributed by atoms with E-state index in [0.717, 1.165) is 24.9 Å². The maximum absolute atomic E-state index is 13.4. The second-order valence-electron chi connectivity index (χ2n) is 10.7. The highest BCUT2D eigenvalue weighted by atomic mass is 79.9. The topological polar surface area (TPSA) is 74.8 Å². The Balaban J connectivity index is 1.73. The van der Waals surface area contributed by atoms with Crippen LogP contribution in [0.5, 0.6) is 0 Å². The molecular formula is C26H39BrN4O3. The molecule has 1 aliphatic carbocycles. The van der Waals surface area contributed by atoms with Crippen molar-refractivity contribution in [2.45, 2.75) is 90.4 Å². The van der Waals surface area contributed by atoms with Gasteiger partial charge in [0, 0.05) is 23.6 Å². The lowest BCUT2D eigenvalue weighted by atomic mass is 9.99. The first-order valence-electron chi connectivity index (χ1n) is 12.3. The van der Waals surface area contributed by atoms with Crippen LogP contribution in [-0.2, 0) is 16.1 Å². The Labute approximate surface area is 212 Å². The van der Waals surface area contributed by atoms with Crippen LogP contribution in [0.1, 0.15) is 71.8 Å². The van der Waals surface area contributed by atoms with E-state index in [4.69, 9.17) is 4.74 Å². The molecule has 2 heterocycles. The smallest absolute Gasteiger partial charge is 0.411 e. The van der Waals surface area contributed by atoms with E-state index in [1.54, 1.807) is 4.90 Å². The Hall–Kier alpha value is -1.93. The number of unbranched alkanes of at least 4 members (excludes halogenated alkanes) is 3. The number of ether oxygens (including phenoxy) is 1. The van der Waals surface area contributed by atoms with Gasteiger partial charge >= 0.3 is 6.09 Å². The zero-order valence-electron chi connectivity index (χ0n) is 21.2. The number of nitrogens with zero attached hydrogens (tertiary/aromatic N) is 3. The number of likely N-dealkylation sites (tertiary alicyclic amines) is 1. The molecule has 1 aromatic heterocycles. The lowest BCUT2D eigenvalue weighted by molar-refractivity contribution is -0.121. The highest BCUT2D eigenvalue weighted by Gasteiger charge is 2.66. The number of halogens is 1. The Kier molecular flexibility index (Phi) is 8.45. The van der Waals surface area contributed by atoms with Crippen molar-refractivity contribution in [3.63, 3.8) is 0 Å². The Morgan fingerprint density at radius 2 is 2.06 bits per heavy atom. The predicted molar refractivity (Wildman–Crippen MR) is 139 cm³/mol. The minimum atomic E-state index is -0.632. The molecule has 1 N–H and O–H groups in total. The number of anilines is 1. The molecule has 0 spiro atoms. The van der Waals surface area contributed by atoms with Crippen molar-refractivity contribution in [3.8, 4) is 0 Å². The SMILES string of the molecule is C=C[C@@]12C[C@@H](C(=O)Nc3nc(Br)ccc3CN(C)CCCCCC)N(C(=O)OC(C)(C)C)[C@@H]1C2. The van der Waals surface area contributed by atoms with Crippen LogP contribution < -0.4 is 5.32 Å². The molecule has 3 atom stereocenters. The molecule has 0 aromatic carbocycles. The molecule has 3 rings (SSSR count). The van der Waals surface area contributed by atoms with Crippen molar-refractivity contribution in [1.29, 1.82) is 0 Å². The standard InChI is InChI=1S/C26H39BrN4O3/c1-7-9-10-11-14-30(6)17-18-12-13-21(27)28-22(18)29-23(32)19-15-26(8-2)16-20(26)31(19)24(33)34-25(3,4)5/h8,12-13,19-20H,2,7,9-11,14-17H2,1,3-6H3,(H,28,29,32)/t19-,20+,26-/m0/s1. The number of carbonyl (C=O) groups is 2. The van der Waals surface area contributed by atoms with E-state index in [1.807, 2.05) is 39.0 Å². The number of nitrogens with one attached hydrogen (secondary N) is 1. The first kappa shape index (κ1) is 26.7. The summed E-state index contributed by atoms with van der Waals surface area (Å²) in [7, 11) is 2.09. The highest BCUT2D eigenvalue weighted by molar-refractivity contribution is 9.10. The largest absolute Gasteiger partial charge is 0.444 e. The van der Waals surface area contributed by atoms with E-state index < -0.39 is 17.7 Å². The number of carbonyl (C=O) groups excluding carboxylic acids is 2. The summed E-state index contributed by atoms with van der Waals surface area (Å²) in [6.45, 7) is 13.3. The summed E-state index contributed by atoms with van der Waals surface area (Å²) in [5.74, 6) is 0.286. The third kappa shape index (κ3) is 6.39. The van der Waals surface area contributed by atoms with Gasteiger partial charge < -0.3 is 15.0 Å². The first-order valence-corrected chi connectivity index (χ1v) is 13.1. The second-order valence-corrected chi connectivity index (χ2v) is 11.5. The summed E-state index contributed by atoms with van der Waals surface area (Å²) >= 11 is 3.43. The van der Waals surface area contributed by atoms with E-state index in [1.165, 1.54) is 19.3 Å². The van der Waals surface area contributed by atoms with E-state index in [-0.39, 0.29) is 17.4 Å². The lowest BCUT2D eigenvalue weighted by Gasteiger charge is -2.30. The van der Waals surface area contributed by atoms with Gasteiger partial charge in [0.15, 0.2) is 0 Å². The molecule has 2 fully saturated rings. The lowest BCUT2D eigenvalue weighted by Crippen LogP contribution is -2.47. The van der Waals surface area contributed by atoms with Gasteiger partial charge in [-0.25, -0.2) is 9.78 Å². The minimum Gasteiger partial charge on any atom is -0.444 e. The molecule has 2 amide bonds. The number of fused-ring (bicyclic) bond motifs is 1. The van der Waals surface area contributed by atoms with E-state index >= 15 is 0 Å². The molecule has 1 aliphatic heterocycles. The summed E-state index contributed by atoms with van der Waals surface area (Å²) in [4.78, 5) is 34.9. The average molecular weight is 536 g/mol. The van der Waals surface area contributed by atoms with Crippen molar-refractivity contribution in [2.75, 3.05) is 18.9 Å². The van der Waals surface area contributed by atoms with E-state index in [2.05, 4.69) is 51.7 Å². The number of hydrogen-bond donors (Lipinski definition) is 1. The van der Waals surface area contributed by atoms with Crippen molar-refractivity contribution in [1.82, 2.24) is 14.8 Å². The van der Waals surface area contributed by atoms with Crippen molar-refractivity contribution >= 4 is 33.7 Å².